The van der Waals surface area contributed by atoms with Crippen molar-refractivity contribution in [2.45, 2.75) is 232 Å². The minimum atomic E-state index is -0.596. The van der Waals surface area contributed by atoms with Crippen molar-refractivity contribution < 1.29 is 23.8 Å². The number of hydrogen-bond donors (Lipinski definition) is 0. The molecule has 0 bridgehead atoms. The fraction of sp³-hybridized carbons (Fsp3) is 0.565. The highest BCUT2D eigenvalue weighted by molar-refractivity contribution is 5.70. The van der Waals surface area contributed by atoms with Crippen LogP contribution in [0.1, 0.15) is 226 Å². The lowest BCUT2D eigenvalue weighted by molar-refractivity contribution is -0.162. The fourth-order valence-electron chi connectivity index (χ4n) is 7.46. The van der Waals surface area contributed by atoms with Crippen molar-refractivity contribution in [1.82, 2.24) is 0 Å². The van der Waals surface area contributed by atoms with Crippen molar-refractivity contribution in [2.24, 2.45) is 0 Å². The summed E-state index contributed by atoms with van der Waals surface area (Å²) in [6, 6.07) is 0. The number of ether oxygens (including phenoxy) is 3. The predicted octanol–water partition coefficient (Wildman–Crippen LogP) is 20.8. The van der Waals surface area contributed by atoms with Crippen LogP contribution >= 0.6 is 0 Å². The molecule has 0 saturated heterocycles. The van der Waals surface area contributed by atoms with E-state index in [1.54, 1.807) is 0 Å². The predicted molar refractivity (Wildman–Crippen MR) is 324 cm³/mol. The maximum absolute atomic E-state index is 12.9. The van der Waals surface area contributed by atoms with Crippen LogP contribution in [0.25, 0.3) is 0 Å². The smallest absolute Gasteiger partial charge is 0.306 e. The van der Waals surface area contributed by atoms with E-state index in [0.29, 0.717) is 19.4 Å². The average Bonchev–Trinajstić information content (AvgIpc) is 3.40. The molecule has 1 unspecified atom stereocenters. The third-order valence-electron chi connectivity index (χ3n) is 11.7. The minimum Gasteiger partial charge on any atom is -0.462 e. The Balaban J connectivity index is 4.49. The molecule has 0 aliphatic carbocycles. The molecule has 0 radical (unpaired) electrons. The first-order valence-corrected chi connectivity index (χ1v) is 29.7. The molecule has 0 aliphatic heterocycles. The van der Waals surface area contributed by atoms with E-state index in [2.05, 4.69) is 185 Å². The Morgan fingerprint density at radius 1 is 0.297 bits per heavy atom. The minimum absolute atomic E-state index is 0.0223. The number of rotatable bonds is 52. The number of hydrogen-bond acceptors (Lipinski definition) is 5. The summed E-state index contributed by atoms with van der Waals surface area (Å²) in [5, 5.41) is 0. The second-order valence-electron chi connectivity index (χ2n) is 18.7. The molecule has 0 aromatic rings. The van der Waals surface area contributed by atoms with Crippen molar-refractivity contribution in [2.75, 3.05) is 19.8 Å². The molecule has 0 rings (SSSR count). The van der Waals surface area contributed by atoms with Gasteiger partial charge in [0.1, 0.15) is 6.61 Å². The van der Waals surface area contributed by atoms with E-state index in [1.165, 1.54) is 51.4 Å². The van der Waals surface area contributed by atoms with Gasteiger partial charge in [0.05, 0.1) is 6.61 Å². The third-order valence-corrected chi connectivity index (χ3v) is 11.7. The third kappa shape index (κ3) is 59.8. The van der Waals surface area contributed by atoms with Gasteiger partial charge in [0.25, 0.3) is 0 Å². The second kappa shape index (κ2) is 62.6. The Kier molecular flexibility index (Phi) is 58.5. The van der Waals surface area contributed by atoms with E-state index in [1.807, 2.05) is 6.08 Å². The van der Waals surface area contributed by atoms with Crippen LogP contribution in [-0.2, 0) is 23.8 Å². The van der Waals surface area contributed by atoms with Crippen LogP contribution < -0.4 is 0 Å². The Labute approximate surface area is 456 Å². The molecule has 5 nitrogen and oxygen atoms in total. The zero-order valence-electron chi connectivity index (χ0n) is 47.5. The van der Waals surface area contributed by atoms with Gasteiger partial charge in [0, 0.05) is 19.4 Å². The highest BCUT2D eigenvalue weighted by Gasteiger charge is 2.17. The standard InChI is InChI=1S/C69H108O5/c1-4-7-10-13-16-19-22-25-28-31-34-37-40-43-46-49-52-55-58-61-64-72-65-67(74-69(71)63-60-57-54-51-48-45-42-39-36-33-30-27-24-21-18-15-12-9-6-3)66-73-68(70)62-59-56-53-50-47-44-41-38-35-32-29-26-23-20-17-14-11-8-5-2/h7-12,16-21,25-30,34-39,44,47,53,56,67H,4-6,13-15,22-24,31-33,40-43,45-46,48-52,54-55,57-66H2,1-3H3/b10-7-,11-8-,12-9-,19-16-,20-17-,21-18-,28-25-,29-26-,30-27-,37-34-,38-35-,39-36-,47-44-,56-53-. The largest absolute Gasteiger partial charge is 0.462 e. The average molecular weight is 1020 g/mol. The second-order valence-corrected chi connectivity index (χ2v) is 18.7. The molecule has 0 fully saturated rings. The SMILES string of the molecule is CC/C=C\C/C=C\C/C=C\C/C=C\C/C=C\C/C=C\CCC(=O)OCC(COCCCCCCCCC/C=C\C/C=C\C/C=C\C/C=C\CC)OC(=O)CCCCCCCC/C=C\C/C=C\C/C=C\C/C=C\CC. The van der Waals surface area contributed by atoms with Crippen molar-refractivity contribution in [3.8, 4) is 0 Å². The Morgan fingerprint density at radius 2 is 0.595 bits per heavy atom. The lowest BCUT2D eigenvalue weighted by Gasteiger charge is -2.18. The molecule has 1 atom stereocenters. The van der Waals surface area contributed by atoms with E-state index in [4.69, 9.17) is 14.2 Å². The molecule has 0 saturated carbocycles. The van der Waals surface area contributed by atoms with Crippen molar-refractivity contribution in [3.05, 3.63) is 170 Å². The molecule has 0 aromatic carbocycles. The van der Waals surface area contributed by atoms with Gasteiger partial charge in [-0.1, -0.05) is 249 Å². The van der Waals surface area contributed by atoms with Gasteiger partial charge in [-0.2, -0.15) is 0 Å². The molecular weight excluding hydrogens is 909 g/mol. The van der Waals surface area contributed by atoms with Gasteiger partial charge < -0.3 is 14.2 Å². The molecule has 0 aromatic heterocycles. The molecule has 0 amide bonds. The Bertz CT molecular complexity index is 1670. The van der Waals surface area contributed by atoms with Crippen LogP contribution in [0.5, 0.6) is 0 Å². The van der Waals surface area contributed by atoms with E-state index >= 15 is 0 Å². The van der Waals surface area contributed by atoms with Gasteiger partial charge >= 0.3 is 11.9 Å². The maximum Gasteiger partial charge on any atom is 0.306 e. The van der Waals surface area contributed by atoms with Gasteiger partial charge in [-0.15, -0.1) is 0 Å². The first-order valence-electron chi connectivity index (χ1n) is 29.7. The monoisotopic (exact) mass is 1020 g/mol. The molecule has 0 heterocycles. The number of carbonyl (C=O) groups excluding carboxylic acids is 2. The Hall–Kier alpha value is -4.74. The highest BCUT2D eigenvalue weighted by atomic mass is 16.6. The summed E-state index contributed by atoms with van der Waals surface area (Å²) >= 11 is 0. The topological polar surface area (TPSA) is 61.8 Å². The van der Waals surface area contributed by atoms with Gasteiger partial charge in [-0.05, 0) is 135 Å². The Morgan fingerprint density at radius 3 is 0.959 bits per heavy atom. The van der Waals surface area contributed by atoms with E-state index < -0.39 is 6.10 Å². The quantitative estimate of drug-likeness (QED) is 0.0345. The summed E-state index contributed by atoms with van der Waals surface area (Å²) in [5.41, 5.74) is 0. The summed E-state index contributed by atoms with van der Waals surface area (Å²) in [7, 11) is 0. The first kappa shape index (κ1) is 69.3. The highest BCUT2D eigenvalue weighted by Crippen LogP contribution is 2.13. The molecule has 414 valence electrons. The summed E-state index contributed by atoms with van der Waals surface area (Å²) in [4.78, 5) is 25.6. The lowest BCUT2D eigenvalue weighted by Crippen LogP contribution is -2.30. The van der Waals surface area contributed by atoms with E-state index in [9.17, 15) is 9.59 Å². The molecule has 5 heteroatoms. The van der Waals surface area contributed by atoms with Crippen LogP contribution in [0.4, 0.5) is 0 Å². The van der Waals surface area contributed by atoms with Crippen LogP contribution in [-0.4, -0.2) is 37.9 Å². The van der Waals surface area contributed by atoms with Crippen molar-refractivity contribution in [3.63, 3.8) is 0 Å². The first-order chi connectivity index (χ1) is 36.6. The van der Waals surface area contributed by atoms with Crippen LogP contribution in [0, 0.1) is 0 Å². The van der Waals surface area contributed by atoms with Gasteiger partial charge in [-0.3, -0.25) is 9.59 Å². The lowest BCUT2D eigenvalue weighted by atomic mass is 10.1. The van der Waals surface area contributed by atoms with Crippen LogP contribution in [0.2, 0.25) is 0 Å². The van der Waals surface area contributed by atoms with Crippen LogP contribution in [0.15, 0.2) is 170 Å². The number of allylic oxidation sites excluding steroid dienone is 28. The maximum atomic E-state index is 12.9. The zero-order chi connectivity index (χ0) is 53.4. The van der Waals surface area contributed by atoms with Crippen LogP contribution in [0.3, 0.4) is 0 Å². The summed E-state index contributed by atoms with van der Waals surface area (Å²) < 4.78 is 17.4. The van der Waals surface area contributed by atoms with E-state index in [0.717, 1.165) is 135 Å². The number of carbonyl (C=O) groups is 2. The van der Waals surface area contributed by atoms with Gasteiger partial charge in [0.2, 0.25) is 0 Å². The molecule has 0 N–H and O–H groups in total. The van der Waals surface area contributed by atoms with E-state index in [-0.39, 0.29) is 31.6 Å². The number of esters is 2. The summed E-state index contributed by atoms with van der Waals surface area (Å²) in [6.45, 7) is 7.35. The summed E-state index contributed by atoms with van der Waals surface area (Å²) in [6.07, 6.45) is 93.9. The zero-order valence-corrected chi connectivity index (χ0v) is 47.5. The van der Waals surface area contributed by atoms with Crippen molar-refractivity contribution >= 4 is 11.9 Å². The normalized spacial score (nSPS) is 13.5. The van der Waals surface area contributed by atoms with Crippen molar-refractivity contribution in [1.29, 1.82) is 0 Å². The molecule has 74 heavy (non-hydrogen) atoms. The molecular formula is C69H108O5. The van der Waals surface area contributed by atoms with Gasteiger partial charge in [-0.25, -0.2) is 0 Å². The summed E-state index contributed by atoms with van der Waals surface area (Å²) in [5.74, 6) is -0.528. The molecule has 0 aliphatic rings. The fourth-order valence-corrected chi connectivity index (χ4v) is 7.46. The molecule has 0 spiro atoms. The number of unbranched alkanes of at least 4 members (excludes halogenated alkanes) is 13. The van der Waals surface area contributed by atoms with Gasteiger partial charge in [0.15, 0.2) is 6.10 Å².